The number of nitrogens with two attached hydrogens (primary N) is 1. The Balaban J connectivity index is 2.82. The lowest BCUT2D eigenvalue weighted by Gasteiger charge is -2.14. The highest BCUT2D eigenvalue weighted by molar-refractivity contribution is 9.10. The minimum atomic E-state index is -1.61. The summed E-state index contributed by atoms with van der Waals surface area (Å²) in [6.07, 6.45) is -0.659. The van der Waals surface area contributed by atoms with E-state index in [1.807, 2.05) is 10.6 Å². The number of aliphatic carboxylic acids is 1. The molecule has 0 aliphatic carbocycles. The van der Waals surface area contributed by atoms with Crippen LogP contribution in [0.15, 0.2) is 16.6 Å². The Morgan fingerprint density at radius 3 is 2.24 bits per heavy atom. The van der Waals surface area contributed by atoms with E-state index in [2.05, 4.69) is 15.9 Å². The molecule has 0 radical (unpaired) electrons. The molecule has 0 aromatic heterocycles. The van der Waals surface area contributed by atoms with Gasteiger partial charge in [0.15, 0.2) is 11.6 Å². The molecule has 10 heteroatoms. The Hall–Kier alpha value is -2.23. The van der Waals surface area contributed by atoms with Crippen LogP contribution < -0.4 is 16.4 Å². The Morgan fingerprint density at radius 2 is 1.81 bits per heavy atom. The van der Waals surface area contributed by atoms with Gasteiger partial charge in [0, 0.05) is 4.47 Å². The van der Waals surface area contributed by atoms with Crippen molar-refractivity contribution in [1.82, 2.24) is 5.32 Å². The second-order valence-electron chi connectivity index (χ2n) is 3.90. The van der Waals surface area contributed by atoms with Crippen molar-refractivity contribution in [2.45, 2.75) is 12.5 Å². The molecular weight excluding hydrogens is 356 g/mol. The fourth-order valence-corrected chi connectivity index (χ4v) is 1.77. The number of nitrogens with one attached hydrogen (secondary N) is 2. The van der Waals surface area contributed by atoms with Crippen molar-refractivity contribution in [2.24, 2.45) is 5.73 Å². The fraction of sp³-hybridized carbons (Fsp3) is 0.182. The van der Waals surface area contributed by atoms with Gasteiger partial charge in [-0.1, -0.05) is 15.9 Å². The highest BCUT2D eigenvalue weighted by atomic mass is 79.9. The number of hydrogen-bond donors (Lipinski definition) is 4. The molecule has 0 heterocycles. The summed E-state index contributed by atoms with van der Waals surface area (Å²) in [5, 5.41) is 12.5. The maximum atomic E-state index is 13.5. The third-order valence-electron chi connectivity index (χ3n) is 2.25. The standard InChI is InChI=1S/C11H10BrF2N3O4/c12-4-1-5(13)9(6(14)2-4)17-11(21)16-7(10(19)20)3-8(15)18/h1-2,7H,3H2,(H2,15,18)(H,19,20)(H2,16,17,21)/t7-/m0/s1. The number of carboxylic acids is 1. The van der Waals surface area contributed by atoms with Crippen LogP contribution in [0, 0.1) is 11.6 Å². The Labute approximate surface area is 125 Å². The van der Waals surface area contributed by atoms with Crippen LogP contribution in [0.5, 0.6) is 0 Å². The molecule has 0 spiro atoms. The molecule has 3 amide bonds. The van der Waals surface area contributed by atoms with E-state index in [-0.39, 0.29) is 4.47 Å². The van der Waals surface area contributed by atoms with Crippen LogP contribution in [0.25, 0.3) is 0 Å². The highest BCUT2D eigenvalue weighted by Crippen LogP contribution is 2.23. The Bertz CT molecular complexity index is 574. The lowest BCUT2D eigenvalue weighted by molar-refractivity contribution is -0.140. The summed E-state index contributed by atoms with van der Waals surface area (Å²) >= 11 is 2.86. The van der Waals surface area contributed by atoms with Gasteiger partial charge in [-0.2, -0.15) is 0 Å². The number of amides is 3. The molecule has 1 atom stereocenters. The van der Waals surface area contributed by atoms with Crippen LogP contribution in [-0.4, -0.2) is 29.1 Å². The average molecular weight is 366 g/mol. The maximum Gasteiger partial charge on any atom is 0.326 e. The topological polar surface area (TPSA) is 122 Å². The first kappa shape index (κ1) is 16.8. The highest BCUT2D eigenvalue weighted by Gasteiger charge is 2.23. The summed E-state index contributed by atoms with van der Waals surface area (Å²) in [5.41, 5.74) is 4.07. The van der Waals surface area contributed by atoms with Crippen molar-refractivity contribution in [3.63, 3.8) is 0 Å². The molecule has 7 nitrogen and oxygen atoms in total. The lowest BCUT2D eigenvalue weighted by Crippen LogP contribution is -2.45. The number of primary amides is 1. The van der Waals surface area contributed by atoms with Crippen LogP contribution in [0.2, 0.25) is 0 Å². The molecule has 5 N–H and O–H groups in total. The number of urea groups is 1. The molecule has 0 unspecified atom stereocenters. The van der Waals surface area contributed by atoms with E-state index in [9.17, 15) is 23.2 Å². The minimum Gasteiger partial charge on any atom is -0.480 e. The first-order chi connectivity index (χ1) is 9.70. The number of benzene rings is 1. The second kappa shape index (κ2) is 6.97. The van der Waals surface area contributed by atoms with Crippen LogP contribution in [0.4, 0.5) is 19.3 Å². The molecule has 0 saturated carbocycles. The van der Waals surface area contributed by atoms with Crippen molar-refractivity contribution in [1.29, 1.82) is 0 Å². The molecule has 0 aliphatic rings. The van der Waals surface area contributed by atoms with Gasteiger partial charge in [0.25, 0.3) is 0 Å². The Morgan fingerprint density at radius 1 is 1.29 bits per heavy atom. The summed E-state index contributed by atoms with van der Waals surface area (Å²) in [5.74, 6) is -4.58. The zero-order valence-corrected chi connectivity index (χ0v) is 11.9. The van der Waals surface area contributed by atoms with Gasteiger partial charge in [-0.15, -0.1) is 0 Å². The van der Waals surface area contributed by atoms with E-state index in [0.717, 1.165) is 12.1 Å². The third-order valence-corrected chi connectivity index (χ3v) is 2.71. The molecule has 1 aromatic carbocycles. The number of anilines is 1. The molecule has 1 aromatic rings. The predicted octanol–water partition coefficient (Wildman–Crippen LogP) is 1.18. The number of rotatable bonds is 5. The third kappa shape index (κ3) is 4.99. The molecule has 0 aliphatic heterocycles. The molecular formula is C11H10BrF2N3O4. The smallest absolute Gasteiger partial charge is 0.326 e. The zero-order chi connectivity index (χ0) is 16.2. The quantitative estimate of drug-likeness (QED) is 0.625. The predicted molar refractivity (Wildman–Crippen MR) is 71.4 cm³/mol. The van der Waals surface area contributed by atoms with E-state index in [1.54, 1.807) is 0 Å². The van der Waals surface area contributed by atoms with Gasteiger partial charge in [0.2, 0.25) is 5.91 Å². The molecule has 1 rings (SSSR count). The van der Waals surface area contributed by atoms with Gasteiger partial charge in [-0.05, 0) is 12.1 Å². The van der Waals surface area contributed by atoms with E-state index in [1.165, 1.54) is 0 Å². The monoisotopic (exact) mass is 365 g/mol. The van der Waals surface area contributed by atoms with E-state index >= 15 is 0 Å². The molecule has 0 fully saturated rings. The molecule has 114 valence electrons. The van der Waals surface area contributed by atoms with E-state index < -0.39 is 47.7 Å². The summed E-state index contributed by atoms with van der Waals surface area (Å²) in [6, 6.07) is -0.971. The number of carbonyl (C=O) groups is 3. The van der Waals surface area contributed by atoms with Crippen molar-refractivity contribution >= 4 is 39.5 Å². The SMILES string of the molecule is NC(=O)C[C@H](NC(=O)Nc1c(F)cc(Br)cc1F)C(=O)O. The zero-order valence-electron chi connectivity index (χ0n) is 10.3. The van der Waals surface area contributed by atoms with Crippen molar-refractivity contribution < 1.29 is 28.3 Å². The van der Waals surface area contributed by atoms with E-state index in [4.69, 9.17) is 10.8 Å². The number of carbonyl (C=O) groups excluding carboxylic acids is 2. The molecule has 21 heavy (non-hydrogen) atoms. The van der Waals surface area contributed by atoms with Gasteiger partial charge < -0.3 is 21.5 Å². The minimum absolute atomic E-state index is 0.126. The summed E-state index contributed by atoms with van der Waals surface area (Å²) in [4.78, 5) is 33.0. The molecule has 0 bridgehead atoms. The van der Waals surface area contributed by atoms with Gasteiger partial charge in [-0.3, -0.25) is 4.79 Å². The summed E-state index contributed by atoms with van der Waals surface area (Å²) in [6.45, 7) is 0. The molecule has 0 saturated heterocycles. The average Bonchev–Trinajstić information content (AvgIpc) is 2.32. The van der Waals surface area contributed by atoms with Gasteiger partial charge in [0.05, 0.1) is 6.42 Å². The number of carboxylic acid groups (broad SMARTS) is 1. The number of hydrogen-bond acceptors (Lipinski definition) is 3. The van der Waals surface area contributed by atoms with Crippen molar-refractivity contribution in [3.05, 3.63) is 28.2 Å². The van der Waals surface area contributed by atoms with Gasteiger partial charge in [-0.25, -0.2) is 18.4 Å². The first-order valence-corrected chi connectivity index (χ1v) is 6.23. The second-order valence-corrected chi connectivity index (χ2v) is 4.82. The largest absolute Gasteiger partial charge is 0.480 e. The Kier molecular flexibility index (Phi) is 5.59. The van der Waals surface area contributed by atoms with Gasteiger partial charge >= 0.3 is 12.0 Å². The van der Waals surface area contributed by atoms with Crippen LogP contribution in [0.1, 0.15) is 6.42 Å². The normalized spacial score (nSPS) is 11.6. The van der Waals surface area contributed by atoms with E-state index in [0.29, 0.717) is 0 Å². The van der Waals surface area contributed by atoms with Crippen molar-refractivity contribution in [3.8, 4) is 0 Å². The van der Waals surface area contributed by atoms with Crippen LogP contribution in [0.3, 0.4) is 0 Å². The lowest BCUT2D eigenvalue weighted by atomic mass is 10.2. The van der Waals surface area contributed by atoms with Crippen LogP contribution in [-0.2, 0) is 9.59 Å². The fourth-order valence-electron chi connectivity index (χ4n) is 1.37. The summed E-state index contributed by atoms with van der Waals surface area (Å²) < 4.78 is 27.1. The van der Waals surface area contributed by atoms with Crippen molar-refractivity contribution in [2.75, 3.05) is 5.32 Å². The van der Waals surface area contributed by atoms with Gasteiger partial charge in [0.1, 0.15) is 11.7 Å². The maximum absolute atomic E-state index is 13.5. The number of halogens is 3. The van der Waals surface area contributed by atoms with Crippen LogP contribution >= 0.6 is 15.9 Å². The summed E-state index contributed by atoms with van der Waals surface area (Å²) in [7, 11) is 0. The first-order valence-electron chi connectivity index (χ1n) is 5.44.